The number of fused-ring (bicyclic) bond motifs is 6. The lowest BCUT2D eigenvalue weighted by Crippen LogP contribution is -2.54. The Hall–Kier alpha value is -7.78. The molecule has 21 nitrogen and oxygen atoms in total. The molecule has 10 aliphatic rings. The van der Waals surface area contributed by atoms with Crippen molar-refractivity contribution >= 4 is 109 Å². The second kappa shape index (κ2) is 37.3. The van der Waals surface area contributed by atoms with E-state index in [1.807, 2.05) is 29.6 Å². The van der Waals surface area contributed by atoms with Crippen LogP contribution in [0.4, 0.5) is 22.7 Å². The minimum absolute atomic E-state index is 0. The van der Waals surface area contributed by atoms with Crippen LogP contribution in [0.2, 0.25) is 0 Å². The number of carbonyl (C=O) groups excluding carboxylic acids is 8. The monoisotopic (exact) mass is 1570 g/mol. The SMILES string of the molecule is BrCCCN1c2ccccc2Sc2ccccc21.C.O=C1CCC(N2C(=O)c3ccc(CCCCCCN4CCC(OC5CNC5)CC4)cc3C2=O)C(=O)N1.O=C1CCC(N2C(=O)c3ccc(OCCCCCN4CCC(OC5CN(CCCN6c7ccccc7Sc7ccccc76)C5)CC4)cc3C2=O)C(=O)N1. The number of rotatable bonds is 27. The van der Waals surface area contributed by atoms with Crippen LogP contribution in [0.5, 0.6) is 5.75 Å². The van der Waals surface area contributed by atoms with Gasteiger partial charge >= 0.3 is 0 Å². The van der Waals surface area contributed by atoms with E-state index >= 15 is 0 Å². The van der Waals surface area contributed by atoms with Gasteiger partial charge < -0.3 is 39.1 Å². The number of hydrogen-bond donors (Lipinski definition) is 3. The van der Waals surface area contributed by atoms with Crippen molar-refractivity contribution in [3.05, 3.63) is 161 Å². The van der Waals surface area contributed by atoms with Crippen LogP contribution in [0.15, 0.2) is 153 Å². The number of alkyl halides is 1. The normalized spacial score (nSPS) is 20.3. The standard InChI is InChI=1S/C41H47N5O6S.C27H36N4O5.C15H14BrNS.CH4/c47-38-16-15-35(39(48)42-38)46-40(49)31-14-13-29(25-32(31)41(46)50)51-24-7-1-6-19-43-22-17-28(18-23-43)52-30-26-44(27-30)20-8-21-45-33-9-2-4-11-36(33)53-37-12-5-3-10-34(37)45;32-24-9-8-23(25(33)29-24)31-26(34)21-7-6-18(15-22(21)27(31)35)5-3-1-2-4-12-30-13-10-19(11-14-30)36-20-16-28-17-20;16-10-5-11-17-12-6-1-3-8-14(12)18-15-9-4-2-7-13(15)17;/h2-5,9-14,25,28,30,35H,1,6-8,15-24,26-27H2,(H,42,47,48);6-7,15,19-20,23,28H,1-5,8-14,16-17H2,(H,29,32,33);1-4,6-9H,5,10-11H2;1H4. The Kier molecular flexibility index (Phi) is 27.0. The molecule has 10 aliphatic heterocycles. The lowest BCUT2D eigenvalue weighted by molar-refractivity contribution is -0.137. The van der Waals surface area contributed by atoms with E-state index in [-0.39, 0.29) is 50.1 Å². The maximum atomic E-state index is 13.1. The maximum absolute atomic E-state index is 13.1. The zero-order valence-corrected chi connectivity index (χ0v) is 64.0. The molecule has 0 saturated carbocycles. The number of piperidine rings is 4. The molecule has 0 aliphatic carbocycles. The van der Waals surface area contributed by atoms with Crippen molar-refractivity contribution in [2.75, 3.05) is 107 Å². The van der Waals surface area contributed by atoms with Crippen molar-refractivity contribution in [2.24, 2.45) is 0 Å². The number of ether oxygens (including phenoxy) is 3. The molecule has 0 aromatic heterocycles. The van der Waals surface area contributed by atoms with Crippen LogP contribution in [0, 0.1) is 0 Å². The van der Waals surface area contributed by atoms with Gasteiger partial charge in [-0.2, -0.15) is 0 Å². The first-order valence-corrected chi connectivity index (χ1v) is 41.4. The zero-order chi connectivity index (χ0) is 73.8. The predicted molar refractivity (Wildman–Crippen MR) is 424 cm³/mol. The van der Waals surface area contributed by atoms with E-state index in [0.29, 0.717) is 47.9 Å². The van der Waals surface area contributed by atoms with Crippen molar-refractivity contribution < 1.29 is 52.6 Å². The first-order valence-electron chi connectivity index (χ1n) is 38.6. The van der Waals surface area contributed by atoms with Gasteiger partial charge in [0.1, 0.15) is 17.8 Å². The summed E-state index contributed by atoms with van der Waals surface area (Å²) in [5.74, 6) is -3.35. The Bertz CT molecular complexity index is 4130. The molecule has 3 N–H and O–H groups in total. The maximum Gasteiger partial charge on any atom is 0.262 e. The topological polar surface area (TPSA) is 223 Å². The van der Waals surface area contributed by atoms with Gasteiger partial charge in [0.05, 0.1) is 76.0 Å². The van der Waals surface area contributed by atoms with Crippen LogP contribution >= 0.6 is 39.5 Å². The van der Waals surface area contributed by atoms with Gasteiger partial charge in [-0.15, -0.1) is 0 Å². The fraction of sp³-hybridized carbons (Fsp3) is 0.476. The highest BCUT2D eigenvalue weighted by Gasteiger charge is 2.47. The molecule has 8 amide bonds. The summed E-state index contributed by atoms with van der Waals surface area (Å²) >= 11 is 7.25. The number of nitrogens with zero attached hydrogens (tertiary/aromatic N) is 7. The third-order valence-corrected chi connectivity index (χ3v) is 24.8. The lowest BCUT2D eigenvalue weighted by atomic mass is 10.0. The summed E-state index contributed by atoms with van der Waals surface area (Å²) in [6.45, 7) is 14.4. The van der Waals surface area contributed by atoms with E-state index in [0.717, 1.165) is 183 Å². The average Bonchev–Trinajstić information content (AvgIpc) is 1.62. The van der Waals surface area contributed by atoms with E-state index in [4.69, 9.17) is 14.2 Å². The molecule has 24 heteroatoms. The molecule has 0 bridgehead atoms. The number of hydrogen-bond acceptors (Lipinski definition) is 19. The Morgan fingerprint density at radius 1 is 0.417 bits per heavy atom. The summed E-state index contributed by atoms with van der Waals surface area (Å²) in [7, 11) is 0. The molecular formula is C84H101BrN10O11S2. The van der Waals surface area contributed by atoms with E-state index in [9.17, 15) is 38.4 Å². The van der Waals surface area contributed by atoms with Crippen LogP contribution in [0.1, 0.15) is 164 Å². The van der Waals surface area contributed by atoms with Gasteiger partial charge in [0.15, 0.2) is 0 Å². The Balaban J connectivity index is 0.000000160. The van der Waals surface area contributed by atoms with Gasteiger partial charge in [-0.3, -0.25) is 63.7 Å². The predicted octanol–water partition coefficient (Wildman–Crippen LogP) is 12.8. The fourth-order valence-corrected chi connectivity index (χ4v) is 18.4. The molecule has 10 heterocycles. The molecule has 108 heavy (non-hydrogen) atoms. The van der Waals surface area contributed by atoms with Gasteiger partial charge in [-0.25, -0.2) is 0 Å². The van der Waals surface area contributed by atoms with E-state index in [2.05, 4.69) is 153 Å². The van der Waals surface area contributed by atoms with Crippen LogP contribution in [-0.2, 0) is 35.1 Å². The Morgan fingerprint density at radius 2 is 0.852 bits per heavy atom. The minimum Gasteiger partial charge on any atom is -0.494 e. The highest BCUT2D eigenvalue weighted by molar-refractivity contribution is 9.09. The molecule has 2 atom stereocenters. The number of likely N-dealkylation sites (tertiary alicyclic amines) is 3. The molecule has 0 radical (unpaired) electrons. The number of halogens is 1. The van der Waals surface area contributed by atoms with Crippen LogP contribution < -0.4 is 30.5 Å². The molecule has 6 fully saturated rings. The average molecular weight is 1570 g/mol. The fourth-order valence-electron chi connectivity index (χ4n) is 16.0. The summed E-state index contributed by atoms with van der Waals surface area (Å²) in [4.78, 5) is 119. The molecule has 6 aromatic rings. The highest BCUT2D eigenvalue weighted by atomic mass is 79.9. The van der Waals surface area contributed by atoms with E-state index < -0.39 is 53.4 Å². The third kappa shape index (κ3) is 18.8. The summed E-state index contributed by atoms with van der Waals surface area (Å²) in [5, 5.41) is 8.75. The number of unbranched alkanes of at least 4 members (excludes halogenated alkanes) is 5. The molecule has 6 saturated heterocycles. The molecule has 6 aromatic carbocycles. The number of para-hydroxylation sites is 4. The number of carbonyl (C=O) groups is 8. The van der Waals surface area contributed by atoms with Gasteiger partial charge in [0, 0.05) is 110 Å². The number of aryl methyl sites for hydroxylation is 1. The van der Waals surface area contributed by atoms with Gasteiger partial charge in [0.2, 0.25) is 23.6 Å². The van der Waals surface area contributed by atoms with Crippen molar-refractivity contribution in [1.29, 1.82) is 0 Å². The first-order chi connectivity index (χ1) is 52.3. The van der Waals surface area contributed by atoms with Gasteiger partial charge in [0.25, 0.3) is 23.6 Å². The number of anilines is 4. The summed E-state index contributed by atoms with van der Waals surface area (Å²) in [6.07, 6.45) is 17.2. The van der Waals surface area contributed by atoms with Crippen LogP contribution in [0.25, 0.3) is 0 Å². The smallest absolute Gasteiger partial charge is 0.262 e. The van der Waals surface area contributed by atoms with E-state index in [1.165, 1.54) is 55.2 Å². The third-order valence-electron chi connectivity index (χ3n) is 21.9. The molecule has 0 spiro atoms. The second-order valence-corrected chi connectivity index (χ2v) is 32.3. The van der Waals surface area contributed by atoms with Crippen LogP contribution in [0.3, 0.4) is 0 Å². The molecule has 16 rings (SSSR count). The Morgan fingerprint density at radius 3 is 1.33 bits per heavy atom. The largest absolute Gasteiger partial charge is 0.494 e. The second-order valence-electron chi connectivity index (χ2n) is 29.3. The lowest BCUT2D eigenvalue weighted by Gasteiger charge is -2.42. The Labute approximate surface area is 651 Å². The number of benzene rings is 6. The quantitative estimate of drug-likeness (QED) is 0.0248. The van der Waals surface area contributed by atoms with E-state index in [1.54, 1.807) is 30.3 Å². The van der Waals surface area contributed by atoms with Crippen LogP contribution in [-0.4, -0.2) is 205 Å². The minimum atomic E-state index is -0.971. The van der Waals surface area contributed by atoms with Crippen molar-refractivity contribution in [1.82, 2.24) is 40.4 Å². The summed E-state index contributed by atoms with van der Waals surface area (Å²) in [5.41, 5.74) is 7.53. The summed E-state index contributed by atoms with van der Waals surface area (Å²) in [6, 6.07) is 43.1. The highest BCUT2D eigenvalue weighted by Crippen LogP contribution is 2.49. The summed E-state index contributed by atoms with van der Waals surface area (Å²) < 4.78 is 18.5. The van der Waals surface area contributed by atoms with Gasteiger partial charge in [-0.1, -0.05) is 114 Å². The number of amides is 8. The first kappa shape index (κ1) is 78.3. The molecule has 2 unspecified atom stereocenters. The number of imide groups is 4. The zero-order valence-electron chi connectivity index (χ0n) is 60.8. The number of nitrogens with one attached hydrogen (secondary N) is 3. The van der Waals surface area contributed by atoms with Crippen molar-refractivity contribution in [3.8, 4) is 5.75 Å². The molecule has 572 valence electrons. The van der Waals surface area contributed by atoms with Crippen molar-refractivity contribution in [3.63, 3.8) is 0 Å². The van der Waals surface area contributed by atoms with Gasteiger partial charge in [-0.05, 0) is 187 Å². The van der Waals surface area contributed by atoms with Crippen molar-refractivity contribution in [2.45, 2.75) is 179 Å². The molecular weight excluding hydrogens is 1470 g/mol.